The lowest BCUT2D eigenvalue weighted by Gasteiger charge is -2.35. The van der Waals surface area contributed by atoms with Crippen LogP contribution in [-0.4, -0.2) is 41.0 Å². The van der Waals surface area contributed by atoms with Gasteiger partial charge in [-0.05, 0) is 36.2 Å². The molecule has 1 fully saturated rings. The first-order valence-corrected chi connectivity index (χ1v) is 10.3. The maximum Gasteiger partial charge on any atom is 0.162 e. The number of furan rings is 1. The molecule has 2 heterocycles. The van der Waals surface area contributed by atoms with Gasteiger partial charge < -0.3 is 9.32 Å². The summed E-state index contributed by atoms with van der Waals surface area (Å²) < 4.78 is 6.05. The molecule has 1 aliphatic heterocycles. The van der Waals surface area contributed by atoms with Crippen molar-refractivity contribution in [2.75, 3.05) is 26.2 Å². The van der Waals surface area contributed by atoms with E-state index >= 15 is 0 Å². The van der Waals surface area contributed by atoms with Crippen LogP contribution < -0.4 is 0 Å². The van der Waals surface area contributed by atoms with Crippen LogP contribution in [0.2, 0.25) is 5.02 Å². The van der Waals surface area contributed by atoms with Gasteiger partial charge in [-0.2, -0.15) is 0 Å². The Morgan fingerprint density at radius 2 is 1.75 bits per heavy atom. The molecule has 0 spiro atoms. The standard InChI is InChI=1S/C23H23ClN2OS/c1-17-7-8-19(15-20(17)24)21-9-10-22(27-21)23(28)26-13-11-25(12-14-26)16-18-5-3-2-4-6-18/h2-10,15H,11-14,16H2,1H3. The van der Waals surface area contributed by atoms with E-state index in [0.29, 0.717) is 0 Å². The topological polar surface area (TPSA) is 19.6 Å². The number of hydrogen-bond donors (Lipinski definition) is 0. The van der Waals surface area contributed by atoms with Crippen LogP contribution in [-0.2, 0) is 6.54 Å². The molecule has 144 valence electrons. The van der Waals surface area contributed by atoms with Gasteiger partial charge in [0, 0.05) is 43.3 Å². The Balaban J connectivity index is 1.38. The predicted molar refractivity (Wildman–Crippen MR) is 119 cm³/mol. The van der Waals surface area contributed by atoms with Crippen molar-refractivity contribution in [2.45, 2.75) is 13.5 Å². The Bertz CT molecular complexity index is 962. The van der Waals surface area contributed by atoms with Crippen LogP contribution in [0.25, 0.3) is 11.3 Å². The molecule has 4 rings (SSSR count). The number of rotatable bonds is 4. The predicted octanol–water partition coefficient (Wildman–Crippen LogP) is 5.40. The largest absolute Gasteiger partial charge is 0.454 e. The molecule has 0 radical (unpaired) electrons. The Morgan fingerprint density at radius 3 is 2.46 bits per heavy atom. The highest BCUT2D eigenvalue weighted by Crippen LogP contribution is 2.27. The van der Waals surface area contributed by atoms with Crippen molar-refractivity contribution in [3.63, 3.8) is 0 Å². The van der Waals surface area contributed by atoms with E-state index in [9.17, 15) is 0 Å². The van der Waals surface area contributed by atoms with Crippen molar-refractivity contribution < 1.29 is 4.42 Å². The summed E-state index contributed by atoms with van der Waals surface area (Å²) in [6.45, 7) is 6.80. The fraction of sp³-hybridized carbons (Fsp3) is 0.261. The molecule has 3 aromatic rings. The zero-order valence-corrected chi connectivity index (χ0v) is 17.5. The minimum Gasteiger partial charge on any atom is -0.454 e. The zero-order chi connectivity index (χ0) is 19.5. The zero-order valence-electron chi connectivity index (χ0n) is 15.9. The lowest BCUT2D eigenvalue weighted by Crippen LogP contribution is -2.47. The quantitative estimate of drug-likeness (QED) is 0.536. The van der Waals surface area contributed by atoms with Crippen LogP contribution in [0.4, 0.5) is 0 Å². The van der Waals surface area contributed by atoms with Crippen molar-refractivity contribution in [3.8, 4) is 11.3 Å². The van der Waals surface area contributed by atoms with Gasteiger partial charge in [0.25, 0.3) is 0 Å². The number of halogens is 1. The molecule has 1 saturated heterocycles. The summed E-state index contributed by atoms with van der Waals surface area (Å²) in [6, 6.07) is 20.5. The molecule has 0 unspecified atom stereocenters. The molecule has 0 bridgehead atoms. The second-order valence-corrected chi connectivity index (χ2v) is 7.98. The first-order chi connectivity index (χ1) is 13.6. The first-order valence-electron chi connectivity index (χ1n) is 9.52. The molecule has 28 heavy (non-hydrogen) atoms. The van der Waals surface area contributed by atoms with E-state index in [1.54, 1.807) is 0 Å². The molecule has 5 heteroatoms. The van der Waals surface area contributed by atoms with Crippen LogP contribution in [0, 0.1) is 6.92 Å². The molecular weight excluding hydrogens is 388 g/mol. The summed E-state index contributed by atoms with van der Waals surface area (Å²) in [5.41, 5.74) is 3.38. The number of nitrogens with zero attached hydrogens (tertiary/aromatic N) is 2. The molecule has 0 aliphatic carbocycles. The highest BCUT2D eigenvalue weighted by Gasteiger charge is 2.21. The van der Waals surface area contributed by atoms with Crippen molar-refractivity contribution >= 4 is 28.8 Å². The van der Waals surface area contributed by atoms with Gasteiger partial charge in [-0.3, -0.25) is 4.90 Å². The van der Waals surface area contributed by atoms with E-state index in [0.717, 1.165) is 65.4 Å². The minimum atomic E-state index is 0.743. The SMILES string of the molecule is Cc1ccc(-c2ccc(C(=S)N3CCN(Cc4ccccc4)CC3)o2)cc1Cl. The Hall–Kier alpha value is -2.14. The fourth-order valence-electron chi connectivity index (χ4n) is 3.46. The lowest BCUT2D eigenvalue weighted by atomic mass is 10.1. The van der Waals surface area contributed by atoms with E-state index in [1.807, 2.05) is 37.3 Å². The number of hydrogen-bond acceptors (Lipinski definition) is 3. The Morgan fingerprint density at radius 1 is 1.00 bits per heavy atom. The van der Waals surface area contributed by atoms with Crippen LogP contribution in [0.15, 0.2) is 65.1 Å². The Labute approximate surface area is 176 Å². The second kappa shape index (κ2) is 8.48. The third-order valence-electron chi connectivity index (χ3n) is 5.18. The summed E-state index contributed by atoms with van der Waals surface area (Å²) in [6.07, 6.45) is 0. The maximum absolute atomic E-state index is 6.25. The molecule has 3 nitrogen and oxygen atoms in total. The Kier molecular flexibility index (Phi) is 5.81. The van der Waals surface area contributed by atoms with Gasteiger partial charge in [0.1, 0.15) is 10.7 Å². The second-order valence-electron chi connectivity index (χ2n) is 7.18. The molecule has 0 atom stereocenters. The first kappa shape index (κ1) is 19.2. The lowest BCUT2D eigenvalue weighted by molar-refractivity contribution is 0.176. The van der Waals surface area contributed by atoms with Crippen molar-refractivity contribution in [1.82, 2.24) is 9.80 Å². The summed E-state index contributed by atoms with van der Waals surface area (Å²) in [4.78, 5) is 5.49. The molecule has 1 aromatic heterocycles. The summed E-state index contributed by atoms with van der Waals surface area (Å²) in [5.74, 6) is 1.54. The average Bonchev–Trinajstić information content (AvgIpc) is 3.21. The normalized spacial score (nSPS) is 15.0. The van der Waals surface area contributed by atoms with E-state index in [4.69, 9.17) is 28.2 Å². The average molecular weight is 411 g/mol. The van der Waals surface area contributed by atoms with E-state index in [2.05, 4.69) is 40.1 Å². The smallest absolute Gasteiger partial charge is 0.162 e. The molecule has 0 saturated carbocycles. The highest BCUT2D eigenvalue weighted by molar-refractivity contribution is 7.80. The molecule has 1 aliphatic rings. The van der Waals surface area contributed by atoms with Gasteiger partial charge in [-0.25, -0.2) is 0 Å². The van der Waals surface area contributed by atoms with E-state index < -0.39 is 0 Å². The molecule has 2 aromatic carbocycles. The van der Waals surface area contributed by atoms with E-state index in [1.165, 1.54) is 5.56 Å². The van der Waals surface area contributed by atoms with Crippen molar-refractivity contribution in [1.29, 1.82) is 0 Å². The number of piperazine rings is 1. The van der Waals surface area contributed by atoms with Gasteiger partial charge in [-0.1, -0.05) is 66.3 Å². The van der Waals surface area contributed by atoms with Crippen molar-refractivity contribution in [2.24, 2.45) is 0 Å². The van der Waals surface area contributed by atoms with E-state index in [-0.39, 0.29) is 0 Å². The van der Waals surface area contributed by atoms with Gasteiger partial charge >= 0.3 is 0 Å². The van der Waals surface area contributed by atoms with Gasteiger partial charge in [-0.15, -0.1) is 0 Å². The third-order valence-corrected chi connectivity index (χ3v) is 6.05. The van der Waals surface area contributed by atoms with Crippen LogP contribution in [0.3, 0.4) is 0 Å². The van der Waals surface area contributed by atoms with Crippen LogP contribution in [0.5, 0.6) is 0 Å². The monoisotopic (exact) mass is 410 g/mol. The van der Waals surface area contributed by atoms with Crippen molar-refractivity contribution in [3.05, 3.63) is 82.6 Å². The number of benzene rings is 2. The van der Waals surface area contributed by atoms with Gasteiger partial charge in [0.15, 0.2) is 5.76 Å². The third kappa shape index (κ3) is 4.30. The summed E-state index contributed by atoms with van der Waals surface area (Å²) >= 11 is 12.0. The summed E-state index contributed by atoms with van der Waals surface area (Å²) in [7, 11) is 0. The molecular formula is C23H23ClN2OS. The minimum absolute atomic E-state index is 0.743. The summed E-state index contributed by atoms with van der Waals surface area (Å²) in [5, 5.41) is 0.743. The molecule has 0 amide bonds. The molecule has 0 N–H and O–H groups in total. The van der Waals surface area contributed by atoms with Gasteiger partial charge in [0.2, 0.25) is 0 Å². The number of thiocarbonyl (C=S) groups is 1. The number of aryl methyl sites for hydroxylation is 1. The fourth-order valence-corrected chi connectivity index (χ4v) is 3.93. The van der Waals surface area contributed by atoms with Gasteiger partial charge in [0.05, 0.1) is 0 Å². The maximum atomic E-state index is 6.25. The highest BCUT2D eigenvalue weighted by atomic mass is 35.5. The van der Waals surface area contributed by atoms with Crippen LogP contribution >= 0.6 is 23.8 Å². The van der Waals surface area contributed by atoms with Crippen LogP contribution in [0.1, 0.15) is 16.9 Å².